The van der Waals surface area contributed by atoms with E-state index in [1.54, 1.807) is 24.3 Å². The molecule has 22 heavy (non-hydrogen) atoms. The van der Waals surface area contributed by atoms with E-state index < -0.39 is 23.8 Å². The normalized spacial score (nSPS) is 21.5. The molecular weight excluding hydrogens is 356 g/mol. The average molecular weight is 368 g/mol. The lowest BCUT2D eigenvalue weighted by atomic mass is 9.97. The predicted octanol–water partition coefficient (Wildman–Crippen LogP) is 3.57. The molecule has 3 nitrogen and oxygen atoms in total. The molecule has 2 aromatic rings. The van der Waals surface area contributed by atoms with Crippen LogP contribution < -0.4 is 4.90 Å². The quantitative estimate of drug-likeness (QED) is 0.881. The van der Waals surface area contributed by atoms with Crippen LogP contribution in [0, 0.1) is 11.6 Å². The number of anilines is 1. The molecule has 1 heterocycles. The Bertz CT molecular complexity index is 721. The fourth-order valence-electron chi connectivity index (χ4n) is 2.64. The van der Waals surface area contributed by atoms with Crippen LogP contribution in [-0.4, -0.2) is 17.2 Å². The Morgan fingerprint density at radius 2 is 1.77 bits per heavy atom. The van der Waals surface area contributed by atoms with Crippen molar-refractivity contribution in [1.29, 1.82) is 0 Å². The van der Waals surface area contributed by atoms with E-state index in [2.05, 4.69) is 15.9 Å². The molecule has 0 bridgehead atoms. The van der Waals surface area contributed by atoms with Crippen molar-refractivity contribution in [2.45, 2.75) is 18.6 Å². The van der Waals surface area contributed by atoms with Gasteiger partial charge in [-0.1, -0.05) is 22.0 Å². The highest BCUT2D eigenvalue weighted by Gasteiger charge is 2.40. The van der Waals surface area contributed by atoms with E-state index in [0.29, 0.717) is 11.3 Å². The Morgan fingerprint density at radius 1 is 1.09 bits per heavy atom. The van der Waals surface area contributed by atoms with E-state index in [0.717, 1.165) is 16.6 Å². The molecule has 0 aromatic heterocycles. The van der Waals surface area contributed by atoms with Crippen LogP contribution in [0.3, 0.4) is 0 Å². The zero-order valence-electron chi connectivity index (χ0n) is 11.3. The maximum absolute atomic E-state index is 13.4. The summed E-state index contributed by atoms with van der Waals surface area (Å²) in [5, 5.41) is 10.2. The highest BCUT2D eigenvalue weighted by molar-refractivity contribution is 9.10. The van der Waals surface area contributed by atoms with Crippen LogP contribution in [0.2, 0.25) is 0 Å². The summed E-state index contributed by atoms with van der Waals surface area (Å²) in [7, 11) is 0. The van der Waals surface area contributed by atoms with Gasteiger partial charge in [0.05, 0.1) is 5.92 Å². The number of rotatable bonds is 2. The van der Waals surface area contributed by atoms with Crippen molar-refractivity contribution in [2.24, 2.45) is 0 Å². The zero-order chi connectivity index (χ0) is 15.9. The van der Waals surface area contributed by atoms with E-state index in [1.807, 2.05) is 0 Å². The molecule has 1 aliphatic rings. The number of aliphatic hydroxyl groups excluding tert-OH is 1. The van der Waals surface area contributed by atoms with Crippen molar-refractivity contribution < 1.29 is 18.7 Å². The van der Waals surface area contributed by atoms with Gasteiger partial charge in [-0.3, -0.25) is 9.69 Å². The van der Waals surface area contributed by atoms with Gasteiger partial charge in [-0.15, -0.1) is 0 Å². The van der Waals surface area contributed by atoms with Gasteiger partial charge in [-0.2, -0.15) is 0 Å². The lowest BCUT2D eigenvalue weighted by molar-refractivity contribution is -0.118. The molecule has 0 aliphatic carbocycles. The van der Waals surface area contributed by atoms with Gasteiger partial charge in [0.1, 0.15) is 6.23 Å². The second-order valence-corrected chi connectivity index (χ2v) is 6.04. The Labute approximate surface area is 134 Å². The van der Waals surface area contributed by atoms with Crippen molar-refractivity contribution in [3.8, 4) is 0 Å². The van der Waals surface area contributed by atoms with Gasteiger partial charge < -0.3 is 5.11 Å². The minimum absolute atomic E-state index is 0.139. The van der Waals surface area contributed by atoms with Gasteiger partial charge in [0.2, 0.25) is 5.91 Å². The van der Waals surface area contributed by atoms with Crippen molar-refractivity contribution in [1.82, 2.24) is 0 Å². The third kappa shape index (κ3) is 2.64. The van der Waals surface area contributed by atoms with Crippen LogP contribution in [0.25, 0.3) is 0 Å². The zero-order valence-corrected chi connectivity index (χ0v) is 12.9. The van der Waals surface area contributed by atoms with Crippen LogP contribution in [0.1, 0.15) is 17.9 Å². The number of hydrogen-bond acceptors (Lipinski definition) is 2. The van der Waals surface area contributed by atoms with Crippen LogP contribution in [0.5, 0.6) is 0 Å². The molecule has 0 spiro atoms. The molecule has 1 amide bonds. The maximum atomic E-state index is 13.4. The second-order valence-electron chi connectivity index (χ2n) is 5.13. The molecule has 1 saturated heterocycles. The topological polar surface area (TPSA) is 40.5 Å². The fraction of sp³-hybridized carbons (Fsp3) is 0.188. The highest BCUT2D eigenvalue weighted by Crippen LogP contribution is 2.36. The molecule has 114 valence electrons. The molecule has 2 atom stereocenters. The number of benzene rings is 2. The van der Waals surface area contributed by atoms with Crippen molar-refractivity contribution in [3.63, 3.8) is 0 Å². The summed E-state index contributed by atoms with van der Waals surface area (Å²) >= 11 is 3.30. The van der Waals surface area contributed by atoms with Gasteiger partial charge in [0.15, 0.2) is 11.6 Å². The number of hydrogen-bond donors (Lipinski definition) is 1. The van der Waals surface area contributed by atoms with Gasteiger partial charge in [0, 0.05) is 16.6 Å². The SMILES string of the molecule is O=C1C(c2ccc(F)c(F)c2)CC(O)N1c1ccc(Br)cc1. The minimum Gasteiger partial charge on any atom is -0.373 e. The average Bonchev–Trinajstić information content (AvgIpc) is 2.78. The van der Waals surface area contributed by atoms with Crippen LogP contribution >= 0.6 is 15.9 Å². The third-order valence-corrected chi connectivity index (χ3v) is 4.26. The fourth-order valence-corrected chi connectivity index (χ4v) is 2.90. The first-order valence-electron chi connectivity index (χ1n) is 6.69. The lowest BCUT2D eigenvalue weighted by Crippen LogP contribution is -2.33. The molecule has 1 N–H and O–H groups in total. The third-order valence-electron chi connectivity index (χ3n) is 3.73. The largest absolute Gasteiger partial charge is 0.373 e. The lowest BCUT2D eigenvalue weighted by Gasteiger charge is -2.20. The van der Waals surface area contributed by atoms with Gasteiger partial charge in [-0.05, 0) is 42.0 Å². The Morgan fingerprint density at radius 3 is 2.41 bits per heavy atom. The van der Waals surface area contributed by atoms with E-state index in [4.69, 9.17) is 0 Å². The number of carbonyl (C=O) groups excluding carboxylic acids is 1. The molecule has 1 aliphatic heterocycles. The van der Waals surface area contributed by atoms with E-state index in [-0.39, 0.29) is 12.3 Å². The maximum Gasteiger partial charge on any atom is 0.236 e. The molecule has 0 radical (unpaired) electrons. The Hall–Kier alpha value is -1.79. The van der Waals surface area contributed by atoms with E-state index >= 15 is 0 Å². The molecule has 3 rings (SSSR count). The first-order chi connectivity index (χ1) is 10.5. The highest BCUT2D eigenvalue weighted by atomic mass is 79.9. The monoisotopic (exact) mass is 367 g/mol. The molecule has 2 unspecified atom stereocenters. The van der Waals surface area contributed by atoms with Crippen LogP contribution in [-0.2, 0) is 4.79 Å². The summed E-state index contributed by atoms with van der Waals surface area (Å²) in [6, 6.07) is 10.3. The number of halogens is 3. The summed E-state index contributed by atoms with van der Waals surface area (Å²) in [6.07, 6.45) is -0.855. The minimum atomic E-state index is -0.998. The number of amides is 1. The molecular formula is C16H12BrF2NO2. The summed E-state index contributed by atoms with van der Waals surface area (Å²) in [5.41, 5.74) is 0.924. The Balaban J connectivity index is 1.92. The van der Waals surface area contributed by atoms with Crippen molar-refractivity contribution >= 4 is 27.5 Å². The predicted molar refractivity (Wildman–Crippen MR) is 81.4 cm³/mol. The first-order valence-corrected chi connectivity index (χ1v) is 7.48. The summed E-state index contributed by atoms with van der Waals surface area (Å²) in [4.78, 5) is 13.8. The van der Waals surface area contributed by atoms with Gasteiger partial charge in [-0.25, -0.2) is 8.78 Å². The number of carbonyl (C=O) groups is 1. The number of aliphatic hydroxyl groups is 1. The second kappa shape index (κ2) is 5.78. The first kappa shape index (κ1) is 15.1. The summed E-state index contributed by atoms with van der Waals surface area (Å²) in [5.74, 6) is -2.98. The van der Waals surface area contributed by atoms with E-state index in [9.17, 15) is 18.7 Å². The summed E-state index contributed by atoms with van der Waals surface area (Å²) in [6.45, 7) is 0. The van der Waals surface area contributed by atoms with Crippen LogP contribution in [0.15, 0.2) is 46.9 Å². The van der Waals surface area contributed by atoms with Gasteiger partial charge in [0.25, 0.3) is 0 Å². The van der Waals surface area contributed by atoms with E-state index in [1.165, 1.54) is 11.0 Å². The van der Waals surface area contributed by atoms with Crippen molar-refractivity contribution in [2.75, 3.05) is 4.90 Å². The molecule has 1 fully saturated rings. The van der Waals surface area contributed by atoms with Crippen molar-refractivity contribution in [3.05, 3.63) is 64.1 Å². The van der Waals surface area contributed by atoms with Gasteiger partial charge >= 0.3 is 0 Å². The molecule has 2 aromatic carbocycles. The number of nitrogens with zero attached hydrogens (tertiary/aromatic N) is 1. The van der Waals surface area contributed by atoms with Crippen LogP contribution in [0.4, 0.5) is 14.5 Å². The Kier molecular flexibility index (Phi) is 3.97. The summed E-state index contributed by atoms with van der Waals surface area (Å²) < 4.78 is 27.2. The standard InChI is InChI=1S/C16H12BrF2NO2/c17-10-2-4-11(5-3-10)20-15(21)8-12(16(20)22)9-1-6-13(18)14(19)7-9/h1-7,12,15,21H,8H2. The smallest absolute Gasteiger partial charge is 0.236 e. The molecule has 6 heteroatoms. The molecule has 0 saturated carbocycles.